The SMILES string of the molecule is CC(C)CCO.Cl. The third-order valence-electron chi connectivity index (χ3n) is 0.706. The molecule has 0 aromatic carbocycles. The molecule has 0 aliphatic heterocycles. The molecular formula is C5H13ClO. The molecule has 0 rings (SSSR count). The van der Waals surface area contributed by atoms with Crippen LogP contribution in [-0.2, 0) is 0 Å². The van der Waals surface area contributed by atoms with Crippen molar-refractivity contribution in [1.82, 2.24) is 0 Å². The van der Waals surface area contributed by atoms with Crippen molar-refractivity contribution in [3.05, 3.63) is 0 Å². The highest BCUT2D eigenvalue weighted by Gasteiger charge is 1.86. The normalized spacial score (nSPS) is 8.57. The molecule has 0 aliphatic carbocycles. The molecule has 0 unspecified atom stereocenters. The van der Waals surface area contributed by atoms with E-state index < -0.39 is 0 Å². The summed E-state index contributed by atoms with van der Waals surface area (Å²) >= 11 is 0. The zero-order valence-electron chi connectivity index (χ0n) is 4.85. The molecule has 0 aliphatic rings. The number of hydrogen-bond donors (Lipinski definition) is 1. The Labute approximate surface area is 51.1 Å². The molecule has 7 heavy (non-hydrogen) atoms. The lowest BCUT2D eigenvalue weighted by atomic mass is 10.2. The van der Waals surface area contributed by atoms with Gasteiger partial charge < -0.3 is 5.11 Å². The van der Waals surface area contributed by atoms with Crippen molar-refractivity contribution < 1.29 is 5.11 Å². The highest BCUT2D eigenvalue weighted by Crippen LogP contribution is 1.94. The monoisotopic (exact) mass is 124 g/mol. The molecule has 46 valence electrons. The zero-order chi connectivity index (χ0) is 4.99. The summed E-state index contributed by atoms with van der Waals surface area (Å²) in [6.07, 6.45) is 0.931. The average Bonchev–Trinajstić information content (AvgIpc) is 1.35. The Bertz CT molecular complexity index is 29.3. The van der Waals surface area contributed by atoms with E-state index in [4.69, 9.17) is 5.11 Å². The van der Waals surface area contributed by atoms with E-state index in [2.05, 4.69) is 13.8 Å². The van der Waals surface area contributed by atoms with E-state index in [-0.39, 0.29) is 12.4 Å². The number of halogens is 1. The molecule has 0 fully saturated rings. The first kappa shape index (κ1) is 10.3. The fraction of sp³-hybridized carbons (Fsp3) is 1.00. The van der Waals surface area contributed by atoms with Crippen LogP contribution in [0.3, 0.4) is 0 Å². The van der Waals surface area contributed by atoms with E-state index in [1.54, 1.807) is 0 Å². The number of hydrogen-bond acceptors (Lipinski definition) is 1. The molecule has 0 radical (unpaired) electrons. The molecule has 2 heteroatoms. The predicted octanol–water partition coefficient (Wildman–Crippen LogP) is 1.45. The van der Waals surface area contributed by atoms with Crippen LogP contribution >= 0.6 is 12.4 Å². The van der Waals surface area contributed by atoms with Crippen molar-refractivity contribution in [3.8, 4) is 0 Å². The lowest BCUT2D eigenvalue weighted by Crippen LogP contribution is -1.89. The van der Waals surface area contributed by atoms with Gasteiger partial charge in [-0.3, -0.25) is 0 Å². The quantitative estimate of drug-likeness (QED) is 0.591. The summed E-state index contributed by atoms with van der Waals surface area (Å²) in [7, 11) is 0. The fourth-order valence-corrected chi connectivity index (χ4v) is 0.258. The second kappa shape index (κ2) is 6.25. The van der Waals surface area contributed by atoms with E-state index in [1.165, 1.54) is 0 Å². The zero-order valence-corrected chi connectivity index (χ0v) is 5.66. The Balaban J connectivity index is 0. The van der Waals surface area contributed by atoms with E-state index in [0.29, 0.717) is 12.5 Å². The molecule has 0 atom stereocenters. The molecule has 0 aromatic rings. The van der Waals surface area contributed by atoms with Crippen LogP contribution in [0.4, 0.5) is 0 Å². The molecular weight excluding hydrogens is 112 g/mol. The van der Waals surface area contributed by atoms with Crippen molar-refractivity contribution in [2.24, 2.45) is 5.92 Å². The topological polar surface area (TPSA) is 20.2 Å². The number of aliphatic hydroxyl groups is 1. The highest BCUT2D eigenvalue weighted by atomic mass is 35.5. The van der Waals surface area contributed by atoms with E-state index in [0.717, 1.165) is 6.42 Å². The highest BCUT2D eigenvalue weighted by molar-refractivity contribution is 5.85. The largest absolute Gasteiger partial charge is 0.396 e. The summed E-state index contributed by atoms with van der Waals surface area (Å²) in [5.74, 6) is 0.648. The van der Waals surface area contributed by atoms with Crippen LogP contribution in [0.2, 0.25) is 0 Å². The van der Waals surface area contributed by atoms with Gasteiger partial charge in [0.2, 0.25) is 0 Å². The Morgan fingerprint density at radius 2 is 1.86 bits per heavy atom. The summed E-state index contributed by atoms with van der Waals surface area (Å²) in [4.78, 5) is 0. The van der Waals surface area contributed by atoms with E-state index in [1.807, 2.05) is 0 Å². The van der Waals surface area contributed by atoms with Crippen LogP contribution in [0.1, 0.15) is 20.3 Å². The number of aliphatic hydroxyl groups excluding tert-OH is 1. The molecule has 0 saturated heterocycles. The third-order valence-corrected chi connectivity index (χ3v) is 0.706. The van der Waals surface area contributed by atoms with Crippen molar-refractivity contribution in [3.63, 3.8) is 0 Å². The van der Waals surface area contributed by atoms with Crippen LogP contribution < -0.4 is 0 Å². The lowest BCUT2D eigenvalue weighted by Gasteiger charge is -1.95. The summed E-state index contributed by atoms with van der Waals surface area (Å²) < 4.78 is 0. The van der Waals surface area contributed by atoms with Crippen molar-refractivity contribution in [2.75, 3.05) is 6.61 Å². The second-order valence-electron chi connectivity index (χ2n) is 1.91. The van der Waals surface area contributed by atoms with Gasteiger partial charge in [0.1, 0.15) is 0 Å². The first-order chi connectivity index (χ1) is 2.77. The Morgan fingerprint density at radius 1 is 1.43 bits per heavy atom. The minimum absolute atomic E-state index is 0. The molecule has 0 heterocycles. The van der Waals surface area contributed by atoms with E-state index >= 15 is 0 Å². The average molecular weight is 125 g/mol. The van der Waals surface area contributed by atoms with Crippen LogP contribution in [0.25, 0.3) is 0 Å². The van der Waals surface area contributed by atoms with Crippen LogP contribution in [-0.4, -0.2) is 11.7 Å². The lowest BCUT2D eigenvalue weighted by molar-refractivity contribution is 0.268. The maximum Gasteiger partial charge on any atom is 0.0433 e. The van der Waals surface area contributed by atoms with Gasteiger partial charge in [-0.25, -0.2) is 0 Å². The molecule has 0 saturated carbocycles. The predicted molar refractivity (Wildman–Crippen MR) is 33.8 cm³/mol. The van der Waals surface area contributed by atoms with Gasteiger partial charge in [-0.15, -0.1) is 12.4 Å². The van der Waals surface area contributed by atoms with Crippen LogP contribution in [0.5, 0.6) is 0 Å². The molecule has 1 N–H and O–H groups in total. The van der Waals surface area contributed by atoms with Gasteiger partial charge in [0, 0.05) is 6.61 Å². The second-order valence-corrected chi connectivity index (χ2v) is 1.91. The van der Waals surface area contributed by atoms with Gasteiger partial charge in [0.15, 0.2) is 0 Å². The molecule has 0 amide bonds. The Kier molecular flexibility index (Phi) is 9.17. The van der Waals surface area contributed by atoms with Crippen molar-refractivity contribution >= 4 is 12.4 Å². The van der Waals surface area contributed by atoms with Crippen molar-refractivity contribution in [2.45, 2.75) is 20.3 Å². The maximum absolute atomic E-state index is 8.24. The van der Waals surface area contributed by atoms with Crippen LogP contribution in [0.15, 0.2) is 0 Å². The Morgan fingerprint density at radius 3 is 1.86 bits per heavy atom. The van der Waals surface area contributed by atoms with Gasteiger partial charge in [-0.2, -0.15) is 0 Å². The molecule has 0 spiro atoms. The summed E-state index contributed by atoms with van der Waals surface area (Å²) in [5.41, 5.74) is 0. The minimum atomic E-state index is 0. The van der Waals surface area contributed by atoms with Crippen molar-refractivity contribution in [1.29, 1.82) is 0 Å². The number of rotatable bonds is 2. The Hall–Kier alpha value is 0.250. The summed E-state index contributed by atoms with van der Waals surface area (Å²) in [5, 5.41) is 8.24. The minimum Gasteiger partial charge on any atom is -0.396 e. The first-order valence-corrected chi connectivity index (χ1v) is 2.38. The van der Waals surface area contributed by atoms with Crippen LogP contribution in [0, 0.1) is 5.92 Å². The summed E-state index contributed by atoms with van der Waals surface area (Å²) in [6.45, 7) is 4.52. The first-order valence-electron chi connectivity index (χ1n) is 2.38. The molecule has 1 nitrogen and oxygen atoms in total. The molecule has 0 aromatic heterocycles. The summed E-state index contributed by atoms with van der Waals surface area (Å²) in [6, 6.07) is 0. The van der Waals surface area contributed by atoms with Gasteiger partial charge >= 0.3 is 0 Å². The third kappa shape index (κ3) is 10.7. The van der Waals surface area contributed by atoms with E-state index in [9.17, 15) is 0 Å². The van der Waals surface area contributed by atoms with Gasteiger partial charge in [-0.1, -0.05) is 13.8 Å². The van der Waals surface area contributed by atoms with Gasteiger partial charge in [-0.05, 0) is 12.3 Å². The maximum atomic E-state index is 8.24. The standard InChI is InChI=1S/C5H12O.ClH/c1-5(2)3-4-6;/h5-6H,3-4H2,1-2H3;1H. The smallest absolute Gasteiger partial charge is 0.0433 e. The van der Waals surface area contributed by atoms with Gasteiger partial charge in [0.25, 0.3) is 0 Å². The van der Waals surface area contributed by atoms with Gasteiger partial charge in [0.05, 0.1) is 0 Å². The molecule has 0 bridgehead atoms. The fourth-order valence-electron chi connectivity index (χ4n) is 0.258.